The summed E-state index contributed by atoms with van der Waals surface area (Å²) in [6.07, 6.45) is 7.11. The fraction of sp³-hybridized carbons (Fsp3) is 0.438. The molecule has 0 bridgehead atoms. The van der Waals surface area contributed by atoms with Gasteiger partial charge in [0.05, 0.1) is 7.11 Å². The number of ether oxygens (including phenoxy) is 1. The summed E-state index contributed by atoms with van der Waals surface area (Å²) < 4.78 is 7.29. The maximum atomic E-state index is 5.19. The number of benzene rings is 1. The number of hydrogen-bond donors (Lipinski definition) is 0. The average Bonchev–Trinajstić information content (AvgIpc) is 2.89. The van der Waals surface area contributed by atoms with Crippen molar-refractivity contribution in [2.75, 3.05) is 12.4 Å². The first kappa shape index (κ1) is 15.1. The highest BCUT2D eigenvalue weighted by Crippen LogP contribution is 2.19. The summed E-state index contributed by atoms with van der Waals surface area (Å²) in [5.74, 6) is 2.70. The number of aryl methyl sites for hydroxylation is 2. The Bertz CT molecular complexity index is 522. The molecule has 108 valence electrons. The van der Waals surface area contributed by atoms with Crippen LogP contribution in [0.4, 0.5) is 0 Å². The number of methoxy groups -OCH3 is 1. The fourth-order valence-corrected chi connectivity index (χ4v) is 2.85. The number of nitrogens with zero attached hydrogens (tertiary/aromatic N) is 2. The molecule has 1 heterocycles. The molecule has 0 amide bonds. The molecule has 1 unspecified atom stereocenters. The minimum absolute atomic E-state index is 0.625. The summed E-state index contributed by atoms with van der Waals surface area (Å²) in [7, 11) is 3.75. The van der Waals surface area contributed by atoms with Crippen molar-refractivity contribution in [3.05, 3.63) is 48.0 Å². The number of aromatic nitrogens is 2. The molecule has 2 rings (SSSR count). The van der Waals surface area contributed by atoms with E-state index in [4.69, 9.17) is 4.74 Å². The minimum atomic E-state index is 0.625. The van der Waals surface area contributed by atoms with Gasteiger partial charge in [-0.05, 0) is 36.5 Å². The van der Waals surface area contributed by atoms with Gasteiger partial charge in [-0.2, -0.15) is 0 Å². The second-order valence-electron chi connectivity index (χ2n) is 5.07. The van der Waals surface area contributed by atoms with E-state index in [9.17, 15) is 0 Å². The Morgan fingerprint density at radius 3 is 2.60 bits per heavy atom. The van der Waals surface area contributed by atoms with Crippen LogP contribution in [0.15, 0.2) is 36.7 Å². The van der Waals surface area contributed by atoms with Gasteiger partial charge in [-0.1, -0.05) is 28.1 Å². The second-order valence-corrected chi connectivity index (χ2v) is 5.71. The van der Waals surface area contributed by atoms with Gasteiger partial charge in [-0.25, -0.2) is 4.98 Å². The molecule has 20 heavy (non-hydrogen) atoms. The van der Waals surface area contributed by atoms with Gasteiger partial charge in [0.15, 0.2) is 0 Å². The molecule has 0 aliphatic heterocycles. The van der Waals surface area contributed by atoms with Crippen molar-refractivity contribution in [3.63, 3.8) is 0 Å². The highest BCUT2D eigenvalue weighted by Gasteiger charge is 2.10. The molecular formula is C16H21BrN2O. The molecular weight excluding hydrogens is 316 g/mol. The van der Waals surface area contributed by atoms with E-state index in [1.807, 2.05) is 24.5 Å². The SMILES string of the molecule is COc1ccc(CC(CBr)CCc2nccn2C)cc1. The van der Waals surface area contributed by atoms with Gasteiger partial charge in [-0.15, -0.1) is 0 Å². The Morgan fingerprint density at radius 1 is 1.30 bits per heavy atom. The molecule has 0 aliphatic rings. The van der Waals surface area contributed by atoms with E-state index in [2.05, 4.69) is 44.7 Å². The van der Waals surface area contributed by atoms with Crippen LogP contribution in [0.1, 0.15) is 17.8 Å². The van der Waals surface area contributed by atoms with Gasteiger partial charge in [0.25, 0.3) is 0 Å². The molecule has 0 spiro atoms. The molecule has 0 aliphatic carbocycles. The van der Waals surface area contributed by atoms with E-state index >= 15 is 0 Å². The van der Waals surface area contributed by atoms with E-state index < -0.39 is 0 Å². The third kappa shape index (κ3) is 4.10. The van der Waals surface area contributed by atoms with Crippen LogP contribution < -0.4 is 4.74 Å². The molecule has 1 aromatic carbocycles. The predicted molar refractivity (Wildman–Crippen MR) is 85.5 cm³/mol. The van der Waals surface area contributed by atoms with Crippen LogP contribution in [0.25, 0.3) is 0 Å². The van der Waals surface area contributed by atoms with Gasteiger partial charge in [-0.3, -0.25) is 0 Å². The molecule has 0 saturated carbocycles. The van der Waals surface area contributed by atoms with Crippen molar-refractivity contribution in [3.8, 4) is 5.75 Å². The smallest absolute Gasteiger partial charge is 0.118 e. The minimum Gasteiger partial charge on any atom is -0.497 e. The zero-order valence-corrected chi connectivity index (χ0v) is 13.6. The molecule has 4 heteroatoms. The number of hydrogen-bond acceptors (Lipinski definition) is 2. The third-order valence-corrected chi connectivity index (χ3v) is 4.51. The number of imidazole rings is 1. The summed E-state index contributed by atoms with van der Waals surface area (Å²) in [4.78, 5) is 4.38. The van der Waals surface area contributed by atoms with Crippen molar-refractivity contribution in [2.45, 2.75) is 19.3 Å². The average molecular weight is 337 g/mol. The molecule has 0 saturated heterocycles. The molecule has 1 aromatic heterocycles. The van der Waals surface area contributed by atoms with Gasteiger partial charge < -0.3 is 9.30 Å². The first-order valence-corrected chi connectivity index (χ1v) is 8.00. The molecule has 3 nitrogen and oxygen atoms in total. The fourth-order valence-electron chi connectivity index (χ4n) is 2.30. The lowest BCUT2D eigenvalue weighted by atomic mass is 9.96. The standard InChI is InChI=1S/C16H21BrN2O/c1-19-10-9-18-16(19)8-5-14(12-17)11-13-3-6-15(20-2)7-4-13/h3-4,6-7,9-10,14H,5,8,11-12H2,1-2H3. The number of rotatable bonds is 7. The lowest BCUT2D eigenvalue weighted by Crippen LogP contribution is -2.09. The van der Waals surface area contributed by atoms with E-state index in [0.717, 1.165) is 36.2 Å². The van der Waals surface area contributed by atoms with Crippen LogP contribution in [0.3, 0.4) is 0 Å². The Labute approximate surface area is 129 Å². The molecule has 2 aromatic rings. The molecule has 0 N–H and O–H groups in total. The summed E-state index contributed by atoms with van der Waals surface area (Å²) in [5, 5.41) is 1.02. The van der Waals surface area contributed by atoms with Crippen molar-refractivity contribution >= 4 is 15.9 Å². The van der Waals surface area contributed by atoms with Crippen LogP contribution in [0, 0.1) is 5.92 Å². The molecule has 0 fully saturated rings. The molecule has 1 atom stereocenters. The Morgan fingerprint density at radius 2 is 2.05 bits per heavy atom. The lowest BCUT2D eigenvalue weighted by Gasteiger charge is -2.14. The van der Waals surface area contributed by atoms with Crippen LogP contribution in [0.2, 0.25) is 0 Å². The zero-order chi connectivity index (χ0) is 14.4. The maximum absolute atomic E-state index is 5.19. The van der Waals surface area contributed by atoms with Gasteiger partial charge in [0.1, 0.15) is 11.6 Å². The lowest BCUT2D eigenvalue weighted by molar-refractivity contribution is 0.414. The summed E-state index contributed by atoms with van der Waals surface area (Å²) in [6.45, 7) is 0. The summed E-state index contributed by atoms with van der Waals surface area (Å²) >= 11 is 3.63. The van der Waals surface area contributed by atoms with E-state index in [0.29, 0.717) is 5.92 Å². The van der Waals surface area contributed by atoms with Gasteiger partial charge in [0, 0.05) is 31.2 Å². The number of alkyl halides is 1. The summed E-state index contributed by atoms with van der Waals surface area (Å²) in [6, 6.07) is 8.35. The number of halogens is 1. The Balaban J connectivity index is 1.89. The third-order valence-electron chi connectivity index (χ3n) is 3.60. The quantitative estimate of drug-likeness (QED) is 0.722. The normalized spacial score (nSPS) is 12.3. The monoisotopic (exact) mass is 336 g/mol. The topological polar surface area (TPSA) is 27.1 Å². The van der Waals surface area contributed by atoms with Crippen molar-refractivity contribution in [1.29, 1.82) is 0 Å². The summed E-state index contributed by atoms with van der Waals surface area (Å²) in [5.41, 5.74) is 1.36. The zero-order valence-electron chi connectivity index (χ0n) is 12.1. The van der Waals surface area contributed by atoms with Crippen LogP contribution in [-0.4, -0.2) is 22.0 Å². The molecule has 0 radical (unpaired) electrons. The Kier molecular flexibility index (Phi) is 5.65. The maximum Gasteiger partial charge on any atom is 0.118 e. The highest BCUT2D eigenvalue weighted by atomic mass is 79.9. The Hall–Kier alpha value is -1.29. The largest absolute Gasteiger partial charge is 0.497 e. The van der Waals surface area contributed by atoms with E-state index in [1.165, 1.54) is 5.56 Å². The first-order chi connectivity index (χ1) is 9.72. The van der Waals surface area contributed by atoms with Gasteiger partial charge in [0.2, 0.25) is 0 Å². The van der Waals surface area contributed by atoms with Crippen molar-refractivity contribution in [2.24, 2.45) is 13.0 Å². The van der Waals surface area contributed by atoms with Crippen molar-refractivity contribution in [1.82, 2.24) is 9.55 Å². The van der Waals surface area contributed by atoms with Crippen molar-refractivity contribution < 1.29 is 4.74 Å². The van der Waals surface area contributed by atoms with Crippen LogP contribution in [-0.2, 0) is 19.9 Å². The first-order valence-electron chi connectivity index (χ1n) is 6.88. The van der Waals surface area contributed by atoms with Crippen LogP contribution in [0.5, 0.6) is 5.75 Å². The van der Waals surface area contributed by atoms with Crippen LogP contribution >= 0.6 is 15.9 Å². The second kappa shape index (κ2) is 7.48. The highest BCUT2D eigenvalue weighted by molar-refractivity contribution is 9.09. The van der Waals surface area contributed by atoms with E-state index in [1.54, 1.807) is 7.11 Å². The van der Waals surface area contributed by atoms with E-state index in [-0.39, 0.29) is 0 Å². The predicted octanol–water partition coefficient (Wildman–Crippen LogP) is 3.62. The van der Waals surface area contributed by atoms with Gasteiger partial charge >= 0.3 is 0 Å².